The van der Waals surface area contributed by atoms with Crippen LogP contribution in [0.5, 0.6) is 0 Å². The van der Waals surface area contributed by atoms with E-state index in [0.717, 1.165) is 0 Å². The second-order valence-corrected chi connectivity index (χ2v) is 11.2. The van der Waals surface area contributed by atoms with E-state index in [1.807, 2.05) is 0 Å². The minimum atomic E-state index is -3.74. The lowest BCUT2D eigenvalue weighted by Gasteiger charge is -2.37. The Kier molecular flexibility index (Phi) is 6.20. The summed E-state index contributed by atoms with van der Waals surface area (Å²) in [5.74, 6) is -0.428. The van der Waals surface area contributed by atoms with Crippen molar-refractivity contribution in [1.29, 1.82) is 0 Å². The van der Waals surface area contributed by atoms with Crippen LogP contribution in [0.15, 0.2) is 23.0 Å². The van der Waals surface area contributed by atoms with Crippen molar-refractivity contribution in [3.05, 3.63) is 23.0 Å². The van der Waals surface area contributed by atoms with E-state index in [2.05, 4.69) is 11.3 Å². The molecule has 0 spiro atoms. The summed E-state index contributed by atoms with van der Waals surface area (Å²) in [6, 6.07) is 0. The van der Waals surface area contributed by atoms with Crippen molar-refractivity contribution in [2.75, 3.05) is 5.75 Å². The molecule has 0 radical (unpaired) electrons. The molecule has 3 N–H and O–H groups in total. The predicted molar refractivity (Wildman–Crippen MR) is 92.0 cm³/mol. The number of thioether (sulfide) groups is 1. The first-order valence-electron chi connectivity index (χ1n) is 6.63. The van der Waals surface area contributed by atoms with E-state index in [1.54, 1.807) is 19.3 Å². The van der Waals surface area contributed by atoms with E-state index >= 15 is 0 Å². The second kappa shape index (κ2) is 6.82. The van der Waals surface area contributed by atoms with Crippen molar-refractivity contribution in [1.82, 2.24) is 4.72 Å². The van der Waals surface area contributed by atoms with Crippen molar-refractivity contribution in [2.45, 2.75) is 49.5 Å². The highest BCUT2D eigenvalue weighted by molar-refractivity contribution is 8.03. The smallest absolute Gasteiger partial charge is 0.170 e. The second-order valence-electron chi connectivity index (χ2n) is 6.18. The topological polar surface area (TPSA) is 95.2 Å². The normalized spacial score (nSPS) is 26.7. The first-order chi connectivity index (χ1) is 9.80. The Morgan fingerprint density at radius 1 is 1.55 bits per heavy atom. The van der Waals surface area contributed by atoms with Crippen LogP contribution in [-0.2, 0) is 21.2 Å². The molecule has 0 aliphatic carbocycles. The molecule has 1 heterocycles. The van der Waals surface area contributed by atoms with Gasteiger partial charge in [-0.25, -0.2) is 12.8 Å². The third-order valence-electron chi connectivity index (χ3n) is 3.34. The van der Waals surface area contributed by atoms with E-state index in [-0.39, 0.29) is 0 Å². The van der Waals surface area contributed by atoms with Gasteiger partial charge in [-0.15, -0.1) is 16.5 Å². The molecular formula is C13H23FN2O3S3. The highest BCUT2D eigenvalue weighted by atomic mass is 32.2. The lowest BCUT2D eigenvalue weighted by molar-refractivity contribution is 0.311. The molecule has 0 saturated carbocycles. The number of sulfone groups is 1. The SMILES string of the molecule is C=C(C)[S@@+]([O-])N[C@@](C)(CS(=O)(=O)C(C)(C)N)C1SC=CC1F. The summed E-state index contributed by atoms with van der Waals surface area (Å²) in [5.41, 5.74) is 4.46. The molecule has 1 rings (SSSR count). The van der Waals surface area contributed by atoms with Gasteiger partial charge in [0.25, 0.3) is 0 Å². The number of rotatable bonds is 7. The maximum atomic E-state index is 14.1. The average molecular weight is 371 g/mol. The van der Waals surface area contributed by atoms with Gasteiger partial charge in [0, 0.05) is 6.92 Å². The first-order valence-corrected chi connectivity index (χ1v) is 10.4. The molecule has 22 heavy (non-hydrogen) atoms. The molecule has 1 aliphatic rings. The maximum Gasteiger partial charge on any atom is 0.170 e. The van der Waals surface area contributed by atoms with Gasteiger partial charge in [0.15, 0.2) is 9.84 Å². The third-order valence-corrected chi connectivity index (χ3v) is 8.59. The van der Waals surface area contributed by atoms with Crippen molar-refractivity contribution >= 4 is 33.0 Å². The van der Waals surface area contributed by atoms with Crippen LogP contribution >= 0.6 is 11.8 Å². The van der Waals surface area contributed by atoms with Crippen LogP contribution in [0.3, 0.4) is 0 Å². The number of hydrogen-bond acceptors (Lipinski definition) is 6. The van der Waals surface area contributed by atoms with Gasteiger partial charge in [-0.05, 0) is 38.8 Å². The zero-order valence-corrected chi connectivity index (χ0v) is 15.6. The van der Waals surface area contributed by atoms with Crippen molar-refractivity contribution < 1.29 is 17.4 Å². The number of nitrogens with two attached hydrogens (primary N) is 1. The van der Waals surface area contributed by atoms with Crippen LogP contribution in [0.2, 0.25) is 0 Å². The summed E-state index contributed by atoms with van der Waals surface area (Å²) in [7, 11) is -3.74. The largest absolute Gasteiger partial charge is 0.593 e. The fourth-order valence-corrected chi connectivity index (χ4v) is 5.51. The summed E-state index contributed by atoms with van der Waals surface area (Å²) in [5, 5.41) is 0.868. The molecule has 2 unspecified atom stereocenters. The Labute approximate surface area is 139 Å². The third kappa shape index (κ3) is 4.48. The zero-order valence-electron chi connectivity index (χ0n) is 13.1. The molecule has 9 heteroatoms. The quantitative estimate of drug-likeness (QED) is 0.661. The van der Waals surface area contributed by atoms with E-state index in [9.17, 15) is 17.4 Å². The molecule has 0 fully saturated rings. The molecule has 5 nitrogen and oxygen atoms in total. The Morgan fingerprint density at radius 3 is 2.45 bits per heavy atom. The minimum Gasteiger partial charge on any atom is -0.593 e. The molecule has 0 bridgehead atoms. The summed E-state index contributed by atoms with van der Waals surface area (Å²) < 4.78 is 53.8. The van der Waals surface area contributed by atoms with Crippen LogP contribution in [0.25, 0.3) is 0 Å². The molecule has 1 aliphatic heterocycles. The molecule has 0 aromatic heterocycles. The monoisotopic (exact) mass is 370 g/mol. The predicted octanol–water partition coefficient (Wildman–Crippen LogP) is 1.61. The van der Waals surface area contributed by atoms with Gasteiger partial charge in [-0.3, -0.25) is 0 Å². The van der Waals surface area contributed by atoms with Gasteiger partial charge in [-0.2, -0.15) is 0 Å². The van der Waals surface area contributed by atoms with E-state index < -0.39 is 48.8 Å². The van der Waals surface area contributed by atoms with Crippen LogP contribution < -0.4 is 10.5 Å². The standard InChI is InChI=1S/C13H23FN2O3S3/c1-9(2)21(17)16-13(5,11-10(14)6-7-20-11)8-22(18,19)12(3,4)15/h6-7,10-11,16H,1,8,15H2,2-5H3/t10?,11?,13-,21+/m0/s1. The van der Waals surface area contributed by atoms with Crippen molar-refractivity contribution in [2.24, 2.45) is 5.73 Å². The Balaban J connectivity index is 3.14. The molecule has 0 amide bonds. The summed E-state index contributed by atoms with van der Waals surface area (Å²) in [4.78, 5) is -1.13. The van der Waals surface area contributed by atoms with Crippen molar-refractivity contribution in [3.8, 4) is 0 Å². The molecule has 0 aromatic rings. The first kappa shape index (κ1) is 20.0. The fraction of sp³-hybridized carbons (Fsp3) is 0.692. The average Bonchev–Trinajstić information content (AvgIpc) is 2.73. The van der Waals surface area contributed by atoms with E-state index in [4.69, 9.17) is 5.73 Å². The summed E-state index contributed by atoms with van der Waals surface area (Å²) >= 11 is -0.496. The zero-order chi connectivity index (χ0) is 17.3. The molecular weight excluding hydrogens is 347 g/mol. The van der Waals surface area contributed by atoms with Gasteiger partial charge in [0.1, 0.15) is 15.9 Å². The van der Waals surface area contributed by atoms with Gasteiger partial charge >= 0.3 is 0 Å². The number of alkyl halides is 1. The Hall–Kier alpha value is -0.0600. The van der Waals surface area contributed by atoms with E-state index in [1.165, 1.54) is 31.7 Å². The van der Waals surface area contributed by atoms with Crippen molar-refractivity contribution in [3.63, 3.8) is 0 Å². The van der Waals surface area contributed by atoms with Crippen LogP contribution in [0.1, 0.15) is 27.7 Å². The molecule has 0 saturated heterocycles. The van der Waals surface area contributed by atoms with E-state index in [0.29, 0.717) is 4.91 Å². The summed E-state index contributed by atoms with van der Waals surface area (Å²) in [6.45, 7) is 9.44. The van der Waals surface area contributed by atoms with Crippen LogP contribution in [-0.4, -0.2) is 40.6 Å². The van der Waals surface area contributed by atoms with Gasteiger partial charge < -0.3 is 10.3 Å². The number of halogens is 1. The highest BCUT2D eigenvalue weighted by Gasteiger charge is 2.49. The molecule has 0 aromatic carbocycles. The Bertz CT molecular complexity index is 559. The molecule has 128 valence electrons. The highest BCUT2D eigenvalue weighted by Crippen LogP contribution is 2.37. The van der Waals surface area contributed by atoms with Crippen LogP contribution in [0, 0.1) is 0 Å². The summed E-state index contributed by atoms with van der Waals surface area (Å²) in [6.07, 6.45) is 0.0276. The fourth-order valence-electron chi connectivity index (χ4n) is 1.93. The van der Waals surface area contributed by atoms with Crippen LogP contribution in [0.4, 0.5) is 4.39 Å². The number of allylic oxidation sites excluding steroid dienone is 2. The lowest BCUT2D eigenvalue weighted by atomic mass is 9.98. The Morgan fingerprint density at radius 2 is 2.09 bits per heavy atom. The minimum absolute atomic E-state index is 0.335. The van der Waals surface area contributed by atoms with Gasteiger partial charge in [0.05, 0.1) is 27.9 Å². The number of hydrogen-bond donors (Lipinski definition) is 2. The van der Waals surface area contributed by atoms with Gasteiger partial charge in [0.2, 0.25) is 0 Å². The molecule has 4 atom stereocenters. The maximum absolute atomic E-state index is 14.1. The number of nitrogens with one attached hydrogen (secondary N) is 1. The van der Waals surface area contributed by atoms with Gasteiger partial charge in [-0.1, -0.05) is 0 Å². The lowest BCUT2D eigenvalue weighted by Crippen LogP contribution is -2.61.